The van der Waals surface area contributed by atoms with Crippen LogP contribution in [-0.4, -0.2) is 25.8 Å². The van der Waals surface area contributed by atoms with Gasteiger partial charge in [0.15, 0.2) is 0 Å². The van der Waals surface area contributed by atoms with Gasteiger partial charge >= 0.3 is 0 Å². The molecule has 100 valence electrons. The molecule has 0 spiro atoms. The van der Waals surface area contributed by atoms with Crippen LogP contribution in [0.5, 0.6) is 0 Å². The van der Waals surface area contributed by atoms with Crippen LogP contribution in [0.4, 0.5) is 4.39 Å². The number of nitrogens with one attached hydrogen (secondary N) is 1. The van der Waals surface area contributed by atoms with Crippen molar-refractivity contribution in [2.45, 2.75) is 31.9 Å². The molecule has 1 saturated heterocycles. The van der Waals surface area contributed by atoms with Crippen LogP contribution in [0.15, 0.2) is 18.2 Å². The first-order chi connectivity index (χ1) is 8.61. The van der Waals surface area contributed by atoms with Crippen molar-refractivity contribution in [3.8, 4) is 0 Å². The van der Waals surface area contributed by atoms with Crippen molar-refractivity contribution in [2.75, 3.05) is 13.7 Å². The van der Waals surface area contributed by atoms with Gasteiger partial charge in [-0.25, -0.2) is 4.39 Å². The van der Waals surface area contributed by atoms with Gasteiger partial charge in [-0.1, -0.05) is 24.6 Å². The van der Waals surface area contributed by atoms with Crippen LogP contribution in [0.3, 0.4) is 0 Å². The van der Waals surface area contributed by atoms with E-state index in [-0.39, 0.29) is 23.0 Å². The maximum absolute atomic E-state index is 13.1. The van der Waals surface area contributed by atoms with Crippen molar-refractivity contribution in [1.82, 2.24) is 5.32 Å². The predicted molar refractivity (Wildman–Crippen MR) is 71.5 cm³/mol. The number of rotatable bonds is 4. The van der Waals surface area contributed by atoms with Gasteiger partial charge < -0.3 is 10.1 Å². The molecule has 3 unspecified atom stereocenters. The number of hydrogen-bond acceptors (Lipinski definition) is 2. The second-order valence-electron chi connectivity index (χ2n) is 4.95. The van der Waals surface area contributed by atoms with Crippen molar-refractivity contribution in [1.29, 1.82) is 0 Å². The van der Waals surface area contributed by atoms with E-state index in [2.05, 4.69) is 12.2 Å². The predicted octanol–water partition coefficient (Wildman–Crippen LogP) is 3.03. The molecular formula is C14H19ClFNO. The third-order valence-electron chi connectivity index (χ3n) is 3.65. The Hall–Kier alpha value is -0.640. The fourth-order valence-electron chi connectivity index (χ4n) is 2.53. The Bertz CT molecular complexity index is 413. The number of ether oxygens (including phenoxy) is 1. The molecule has 0 aromatic heterocycles. The van der Waals surface area contributed by atoms with E-state index in [4.69, 9.17) is 16.3 Å². The Morgan fingerprint density at radius 2 is 2.33 bits per heavy atom. The molecular weight excluding hydrogens is 253 g/mol. The molecule has 1 aromatic rings. The summed E-state index contributed by atoms with van der Waals surface area (Å²) in [7, 11) is 1.93. The van der Waals surface area contributed by atoms with E-state index in [1.807, 2.05) is 7.05 Å². The second-order valence-corrected chi connectivity index (χ2v) is 5.36. The Labute approximate surface area is 112 Å². The summed E-state index contributed by atoms with van der Waals surface area (Å²) in [4.78, 5) is 0. The first kappa shape index (κ1) is 13.8. The van der Waals surface area contributed by atoms with Crippen LogP contribution >= 0.6 is 11.6 Å². The summed E-state index contributed by atoms with van der Waals surface area (Å²) in [6, 6.07) is 5.14. The summed E-state index contributed by atoms with van der Waals surface area (Å²) >= 11 is 5.80. The minimum atomic E-state index is -0.369. The lowest BCUT2D eigenvalue weighted by atomic mass is 9.93. The van der Waals surface area contributed by atoms with Crippen LogP contribution < -0.4 is 5.32 Å². The Morgan fingerprint density at radius 3 is 2.89 bits per heavy atom. The molecule has 1 aromatic carbocycles. The summed E-state index contributed by atoms with van der Waals surface area (Å²) < 4.78 is 18.9. The number of likely N-dealkylation sites (N-methyl/N-ethyl adjacent to an activating group) is 1. The zero-order chi connectivity index (χ0) is 13.1. The lowest BCUT2D eigenvalue weighted by molar-refractivity contribution is 0.0634. The number of hydrogen-bond donors (Lipinski definition) is 1. The molecule has 4 heteroatoms. The standard InChI is InChI=1S/C14H19ClFNO/c1-9-5-6-18-14(9)13(17-2)8-10-3-4-12(16)11(15)7-10/h3-4,7,9,13-14,17H,5-6,8H2,1-2H3. The highest BCUT2D eigenvalue weighted by atomic mass is 35.5. The molecule has 1 N–H and O–H groups in total. The Kier molecular flexibility index (Phi) is 4.60. The van der Waals surface area contributed by atoms with Crippen LogP contribution in [0.1, 0.15) is 18.9 Å². The quantitative estimate of drug-likeness (QED) is 0.909. The van der Waals surface area contributed by atoms with Gasteiger partial charge in [-0.2, -0.15) is 0 Å². The van der Waals surface area contributed by atoms with Crippen molar-refractivity contribution in [3.05, 3.63) is 34.6 Å². The van der Waals surface area contributed by atoms with Gasteiger partial charge in [0, 0.05) is 12.6 Å². The molecule has 0 aliphatic carbocycles. The first-order valence-electron chi connectivity index (χ1n) is 6.34. The zero-order valence-electron chi connectivity index (χ0n) is 10.7. The second kappa shape index (κ2) is 6.00. The third kappa shape index (κ3) is 3.02. The van der Waals surface area contributed by atoms with Crippen LogP contribution in [0.2, 0.25) is 5.02 Å². The molecule has 1 fully saturated rings. The number of halogens is 2. The van der Waals surface area contributed by atoms with E-state index < -0.39 is 0 Å². The molecule has 3 atom stereocenters. The maximum Gasteiger partial charge on any atom is 0.141 e. The summed E-state index contributed by atoms with van der Waals surface area (Å²) in [5.74, 6) is 0.185. The Morgan fingerprint density at radius 1 is 1.56 bits per heavy atom. The minimum Gasteiger partial charge on any atom is -0.376 e. The van der Waals surface area contributed by atoms with Crippen LogP contribution in [-0.2, 0) is 11.2 Å². The fraction of sp³-hybridized carbons (Fsp3) is 0.571. The maximum atomic E-state index is 13.1. The normalized spacial score (nSPS) is 25.3. The van der Waals surface area contributed by atoms with Crippen LogP contribution in [0, 0.1) is 11.7 Å². The monoisotopic (exact) mass is 271 g/mol. The lowest BCUT2D eigenvalue weighted by Gasteiger charge is -2.26. The Balaban J connectivity index is 2.07. The minimum absolute atomic E-state index is 0.183. The summed E-state index contributed by atoms with van der Waals surface area (Å²) in [5, 5.41) is 3.48. The molecule has 0 amide bonds. The van der Waals surface area contributed by atoms with Gasteiger partial charge in [0.05, 0.1) is 11.1 Å². The lowest BCUT2D eigenvalue weighted by Crippen LogP contribution is -2.41. The van der Waals surface area contributed by atoms with E-state index in [1.54, 1.807) is 12.1 Å². The highest BCUT2D eigenvalue weighted by Crippen LogP contribution is 2.25. The summed E-state index contributed by atoms with van der Waals surface area (Å²) in [6.07, 6.45) is 2.12. The fourth-order valence-corrected chi connectivity index (χ4v) is 2.74. The number of benzene rings is 1. The SMILES string of the molecule is CNC(Cc1ccc(F)c(Cl)c1)C1OCCC1C. The van der Waals surface area contributed by atoms with Crippen molar-refractivity contribution in [3.63, 3.8) is 0 Å². The van der Waals surface area contributed by atoms with Gasteiger partial charge in [-0.15, -0.1) is 0 Å². The molecule has 2 nitrogen and oxygen atoms in total. The van der Waals surface area contributed by atoms with Crippen molar-refractivity contribution >= 4 is 11.6 Å². The molecule has 0 radical (unpaired) electrons. The average molecular weight is 272 g/mol. The topological polar surface area (TPSA) is 21.3 Å². The van der Waals surface area contributed by atoms with E-state index >= 15 is 0 Å². The molecule has 1 aliphatic rings. The highest BCUT2D eigenvalue weighted by molar-refractivity contribution is 6.30. The first-order valence-corrected chi connectivity index (χ1v) is 6.72. The average Bonchev–Trinajstić information content (AvgIpc) is 2.77. The summed E-state index contributed by atoms with van der Waals surface area (Å²) in [5.41, 5.74) is 1.03. The van der Waals surface area contributed by atoms with E-state index in [9.17, 15) is 4.39 Å². The van der Waals surface area contributed by atoms with Crippen molar-refractivity contribution < 1.29 is 9.13 Å². The van der Waals surface area contributed by atoms with E-state index in [1.165, 1.54) is 6.07 Å². The molecule has 2 rings (SSSR count). The largest absolute Gasteiger partial charge is 0.376 e. The van der Waals surface area contributed by atoms with Crippen LogP contribution in [0.25, 0.3) is 0 Å². The molecule has 1 aliphatic heterocycles. The van der Waals surface area contributed by atoms with E-state index in [0.717, 1.165) is 25.0 Å². The zero-order valence-corrected chi connectivity index (χ0v) is 11.5. The molecule has 1 heterocycles. The van der Waals surface area contributed by atoms with E-state index in [0.29, 0.717) is 5.92 Å². The third-order valence-corrected chi connectivity index (χ3v) is 3.94. The van der Waals surface area contributed by atoms with Gasteiger partial charge in [0.1, 0.15) is 5.82 Å². The highest BCUT2D eigenvalue weighted by Gasteiger charge is 2.31. The van der Waals surface area contributed by atoms with Gasteiger partial charge in [0.25, 0.3) is 0 Å². The smallest absolute Gasteiger partial charge is 0.141 e. The summed E-state index contributed by atoms with van der Waals surface area (Å²) in [6.45, 7) is 3.04. The van der Waals surface area contributed by atoms with Gasteiger partial charge in [0.2, 0.25) is 0 Å². The van der Waals surface area contributed by atoms with Gasteiger partial charge in [-0.05, 0) is 43.5 Å². The van der Waals surface area contributed by atoms with Gasteiger partial charge in [-0.3, -0.25) is 0 Å². The molecule has 0 saturated carbocycles. The van der Waals surface area contributed by atoms with Crippen molar-refractivity contribution in [2.24, 2.45) is 5.92 Å². The molecule has 0 bridgehead atoms. The molecule has 18 heavy (non-hydrogen) atoms.